The molecule has 3 rings (SSSR count). The zero-order chi connectivity index (χ0) is 14.7. The van der Waals surface area contributed by atoms with E-state index in [0.717, 1.165) is 16.9 Å². The molecule has 2 aromatic carbocycles. The van der Waals surface area contributed by atoms with Crippen molar-refractivity contribution < 1.29 is 4.74 Å². The SMILES string of the molecule is COc1ccccc1Cn1nnnc1-c1cccc(N)c1. The topological polar surface area (TPSA) is 78.8 Å². The minimum absolute atomic E-state index is 0.529. The lowest BCUT2D eigenvalue weighted by Gasteiger charge is -2.09. The van der Waals surface area contributed by atoms with Crippen LogP contribution in [0.15, 0.2) is 48.5 Å². The van der Waals surface area contributed by atoms with Crippen molar-refractivity contribution in [1.82, 2.24) is 20.2 Å². The molecule has 6 heteroatoms. The van der Waals surface area contributed by atoms with Crippen LogP contribution in [0.2, 0.25) is 0 Å². The molecule has 0 saturated heterocycles. The zero-order valence-electron chi connectivity index (χ0n) is 11.6. The molecule has 21 heavy (non-hydrogen) atoms. The van der Waals surface area contributed by atoms with Gasteiger partial charge in [0.25, 0.3) is 0 Å². The third-order valence-corrected chi connectivity index (χ3v) is 3.19. The highest BCUT2D eigenvalue weighted by Gasteiger charge is 2.11. The van der Waals surface area contributed by atoms with Crippen LogP contribution >= 0.6 is 0 Å². The van der Waals surface area contributed by atoms with Gasteiger partial charge < -0.3 is 10.5 Å². The Morgan fingerprint density at radius 3 is 2.81 bits per heavy atom. The average Bonchev–Trinajstić information content (AvgIpc) is 2.96. The van der Waals surface area contributed by atoms with Crippen LogP contribution < -0.4 is 10.5 Å². The van der Waals surface area contributed by atoms with Crippen molar-refractivity contribution in [2.45, 2.75) is 6.54 Å². The molecule has 0 atom stereocenters. The fraction of sp³-hybridized carbons (Fsp3) is 0.133. The van der Waals surface area contributed by atoms with Crippen LogP contribution in [0.1, 0.15) is 5.56 Å². The van der Waals surface area contributed by atoms with E-state index in [4.69, 9.17) is 10.5 Å². The molecule has 0 saturated carbocycles. The molecular weight excluding hydrogens is 266 g/mol. The van der Waals surface area contributed by atoms with Gasteiger partial charge in [-0.15, -0.1) is 5.10 Å². The molecular formula is C15H15N5O. The molecule has 2 N–H and O–H groups in total. The largest absolute Gasteiger partial charge is 0.496 e. The fourth-order valence-corrected chi connectivity index (χ4v) is 2.19. The Hall–Kier alpha value is -2.89. The van der Waals surface area contributed by atoms with Gasteiger partial charge in [-0.05, 0) is 28.6 Å². The van der Waals surface area contributed by atoms with Crippen molar-refractivity contribution in [2.24, 2.45) is 0 Å². The van der Waals surface area contributed by atoms with Gasteiger partial charge in [0, 0.05) is 16.8 Å². The minimum atomic E-state index is 0.529. The molecule has 0 bridgehead atoms. The van der Waals surface area contributed by atoms with Crippen molar-refractivity contribution in [3.8, 4) is 17.1 Å². The summed E-state index contributed by atoms with van der Waals surface area (Å²) in [5, 5.41) is 11.9. The zero-order valence-corrected chi connectivity index (χ0v) is 11.6. The Balaban J connectivity index is 1.96. The molecule has 0 unspecified atom stereocenters. The van der Waals surface area contributed by atoms with Crippen molar-refractivity contribution in [1.29, 1.82) is 0 Å². The molecule has 106 valence electrons. The van der Waals surface area contributed by atoms with Crippen LogP contribution in [0, 0.1) is 0 Å². The number of tetrazole rings is 1. The molecule has 0 amide bonds. The van der Waals surface area contributed by atoms with Crippen molar-refractivity contribution in [2.75, 3.05) is 12.8 Å². The van der Waals surface area contributed by atoms with Gasteiger partial charge in [-0.1, -0.05) is 30.3 Å². The lowest BCUT2D eigenvalue weighted by atomic mass is 10.1. The first-order valence-electron chi connectivity index (χ1n) is 6.52. The van der Waals surface area contributed by atoms with Gasteiger partial charge in [0.05, 0.1) is 13.7 Å². The summed E-state index contributed by atoms with van der Waals surface area (Å²) in [6, 6.07) is 15.3. The van der Waals surface area contributed by atoms with Crippen LogP contribution in [0.4, 0.5) is 5.69 Å². The number of benzene rings is 2. The smallest absolute Gasteiger partial charge is 0.182 e. The highest BCUT2D eigenvalue weighted by atomic mass is 16.5. The maximum Gasteiger partial charge on any atom is 0.182 e. The molecule has 6 nitrogen and oxygen atoms in total. The van der Waals surface area contributed by atoms with Gasteiger partial charge in [0.2, 0.25) is 0 Å². The normalized spacial score (nSPS) is 10.5. The number of ether oxygens (including phenoxy) is 1. The second-order valence-corrected chi connectivity index (χ2v) is 4.60. The summed E-state index contributed by atoms with van der Waals surface area (Å²) in [5.74, 6) is 1.49. The number of hydrogen-bond donors (Lipinski definition) is 1. The summed E-state index contributed by atoms with van der Waals surface area (Å²) in [6.45, 7) is 0.529. The molecule has 0 aliphatic rings. The number of nitrogens with zero attached hydrogens (tertiary/aromatic N) is 4. The monoisotopic (exact) mass is 281 g/mol. The maximum atomic E-state index is 5.82. The molecule has 0 spiro atoms. The van der Waals surface area contributed by atoms with Gasteiger partial charge in [-0.3, -0.25) is 0 Å². The van der Waals surface area contributed by atoms with E-state index in [2.05, 4.69) is 15.5 Å². The maximum absolute atomic E-state index is 5.82. The Morgan fingerprint density at radius 2 is 2.00 bits per heavy atom. The van der Waals surface area contributed by atoms with E-state index in [1.54, 1.807) is 11.8 Å². The third kappa shape index (κ3) is 2.69. The highest BCUT2D eigenvalue weighted by molar-refractivity contribution is 5.60. The number of nitrogen functional groups attached to an aromatic ring is 1. The number of nitrogens with two attached hydrogens (primary N) is 1. The van der Waals surface area contributed by atoms with Crippen molar-refractivity contribution >= 4 is 5.69 Å². The van der Waals surface area contributed by atoms with Gasteiger partial charge >= 0.3 is 0 Å². The molecule has 0 fully saturated rings. The summed E-state index contributed by atoms with van der Waals surface area (Å²) in [6.07, 6.45) is 0. The average molecular weight is 281 g/mol. The summed E-state index contributed by atoms with van der Waals surface area (Å²) < 4.78 is 7.09. The first-order chi connectivity index (χ1) is 10.3. The lowest BCUT2D eigenvalue weighted by Crippen LogP contribution is -2.06. The van der Waals surface area contributed by atoms with Crippen LogP contribution in [0.5, 0.6) is 5.75 Å². The Bertz CT molecular complexity index is 753. The number of para-hydroxylation sites is 1. The van der Waals surface area contributed by atoms with E-state index >= 15 is 0 Å². The van der Waals surface area contributed by atoms with Crippen molar-refractivity contribution in [3.05, 3.63) is 54.1 Å². The van der Waals surface area contributed by atoms with E-state index in [1.807, 2.05) is 48.5 Å². The van der Waals surface area contributed by atoms with E-state index in [0.29, 0.717) is 18.1 Å². The lowest BCUT2D eigenvalue weighted by molar-refractivity contribution is 0.407. The summed E-state index contributed by atoms with van der Waals surface area (Å²) in [5.41, 5.74) is 8.39. The third-order valence-electron chi connectivity index (χ3n) is 3.19. The summed E-state index contributed by atoms with van der Waals surface area (Å²) in [7, 11) is 1.65. The molecule has 1 heterocycles. The quantitative estimate of drug-likeness (QED) is 0.740. The molecule has 0 radical (unpaired) electrons. The molecule has 3 aromatic rings. The van der Waals surface area contributed by atoms with Gasteiger partial charge in [0.1, 0.15) is 5.75 Å². The van der Waals surface area contributed by atoms with Crippen LogP contribution in [0.25, 0.3) is 11.4 Å². The number of rotatable bonds is 4. The molecule has 0 aliphatic carbocycles. The van der Waals surface area contributed by atoms with E-state index in [9.17, 15) is 0 Å². The van der Waals surface area contributed by atoms with E-state index in [-0.39, 0.29) is 0 Å². The number of methoxy groups -OCH3 is 1. The number of aromatic nitrogens is 4. The van der Waals surface area contributed by atoms with Crippen LogP contribution in [-0.2, 0) is 6.54 Å². The van der Waals surface area contributed by atoms with E-state index < -0.39 is 0 Å². The standard InChI is InChI=1S/C15H15N5O/c1-21-14-8-3-2-5-12(14)10-20-15(17-18-19-20)11-6-4-7-13(16)9-11/h2-9H,10,16H2,1H3. The van der Waals surface area contributed by atoms with Gasteiger partial charge in [-0.25, -0.2) is 4.68 Å². The van der Waals surface area contributed by atoms with Gasteiger partial charge in [0.15, 0.2) is 5.82 Å². The Labute approximate surface area is 122 Å². The minimum Gasteiger partial charge on any atom is -0.496 e. The molecule has 0 aliphatic heterocycles. The Kier molecular flexibility index (Phi) is 3.51. The highest BCUT2D eigenvalue weighted by Crippen LogP contribution is 2.22. The second-order valence-electron chi connectivity index (χ2n) is 4.60. The first-order valence-corrected chi connectivity index (χ1v) is 6.52. The Morgan fingerprint density at radius 1 is 1.14 bits per heavy atom. The number of anilines is 1. The van der Waals surface area contributed by atoms with Gasteiger partial charge in [-0.2, -0.15) is 0 Å². The summed E-state index contributed by atoms with van der Waals surface area (Å²) in [4.78, 5) is 0. The number of hydrogen-bond acceptors (Lipinski definition) is 5. The first kappa shape index (κ1) is 13.1. The predicted octanol–water partition coefficient (Wildman–Crippen LogP) is 1.98. The predicted molar refractivity (Wildman–Crippen MR) is 79.8 cm³/mol. The van der Waals surface area contributed by atoms with Crippen LogP contribution in [-0.4, -0.2) is 27.3 Å². The second kappa shape index (κ2) is 5.62. The summed E-state index contributed by atoms with van der Waals surface area (Å²) >= 11 is 0. The van der Waals surface area contributed by atoms with Crippen molar-refractivity contribution in [3.63, 3.8) is 0 Å². The molecule has 1 aromatic heterocycles. The fourth-order valence-electron chi connectivity index (χ4n) is 2.19. The van der Waals surface area contributed by atoms with E-state index in [1.165, 1.54) is 0 Å². The van der Waals surface area contributed by atoms with Crippen LogP contribution in [0.3, 0.4) is 0 Å².